The first-order valence-electron chi connectivity index (χ1n) is 6.55. The summed E-state index contributed by atoms with van der Waals surface area (Å²) in [6, 6.07) is 1.42. The average molecular weight is 224 g/mol. The standard InChI is InChI=1S/C13H24N2O/c1-8(2)15(9(3)4)13-11-6-5-10(7-11)12(13)14-16/h8-11,13,16H,5-7H2,1-4H3/b14-12-. The molecular weight excluding hydrogens is 200 g/mol. The zero-order valence-corrected chi connectivity index (χ0v) is 10.8. The van der Waals surface area contributed by atoms with Crippen molar-refractivity contribution in [2.45, 2.75) is 65.1 Å². The Hall–Kier alpha value is -0.570. The van der Waals surface area contributed by atoms with Crippen LogP contribution in [0.4, 0.5) is 0 Å². The van der Waals surface area contributed by atoms with Crippen LogP contribution in [0.15, 0.2) is 5.16 Å². The second kappa shape index (κ2) is 4.36. The summed E-state index contributed by atoms with van der Waals surface area (Å²) >= 11 is 0. The summed E-state index contributed by atoms with van der Waals surface area (Å²) < 4.78 is 0. The fraction of sp³-hybridized carbons (Fsp3) is 0.923. The number of nitrogens with zero attached hydrogens (tertiary/aromatic N) is 2. The van der Waals surface area contributed by atoms with Gasteiger partial charge in [0.2, 0.25) is 0 Å². The molecule has 0 spiro atoms. The Morgan fingerprint density at radius 1 is 1.19 bits per heavy atom. The first-order valence-corrected chi connectivity index (χ1v) is 6.55. The minimum Gasteiger partial charge on any atom is -0.411 e. The maximum Gasteiger partial charge on any atom is 0.0775 e. The van der Waals surface area contributed by atoms with E-state index < -0.39 is 0 Å². The van der Waals surface area contributed by atoms with Gasteiger partial charge in [0.05, 0.1) is 11.8 Å². The Morgan fingerprint density at radius 3 is 2.31 bits per heavy atom. The largest absolute Gasteiger partial charge is 0.411 e. The number of fused-ring (bicyclic) bond motifs is 2. The molecule has 0 aromatic carbocycles. The van der Waals surface area contributed by atoms with Gasteiger partial charge in [-0.2, -0.15) is 0 Å². The highest BCUT2D eigenvalue weighted by Crippen LogP contribution is 2.45. The van der Waals surface area contributed by atoms with Crippen LogP contribution in [0.25, 0.3) is 0 Å². The SMILES string of the molecule is CC(C)N(C(C)C)C1/C(=N\O)C2CCC1C2. The molecule has 92 valence electrons. The topological polar surface area (TPSA) is 35.8 Å². The van der Waals surface area contributed by atoms with E-state index in [9.17, 15) is 5.21 Å². The predicted molar refractivity (Wildman–Crippen MR) is 66.0 cm³/mol. The predicted octanol–water partition coefficient (Wildman–Crippen LogP) is 2.73. The van der Waals surface area contributed by atoms with Crippen LogP contribution in [0.1, 0.15) is 47.0 Å². The van der Waals surface area contributed by atoms with Gasteiger partial charge in [-0.05, 0) is 52.9 Å². The second-order valence-electron chi connectivity index (χ2n) is 5.87. The van der Waals surface area contributed by atoms with Gasteiger partial charge in [-0.15, -0.1) is 0 Å². The molecule has 1 N–H and O–H groups in total. The molecule has 2 bridgehead atoms. The van der Waals surface area contributed by atoms with E-state index >= 15 is 0 Å². The number of rotatable bonds is 3. The van der Waals surface area contributed by atoms with Crippen molar-refractivity contribution in [1.29, 1.82) is 0 Å². The molecule has 2 saturated carbocycles. The molecule has 0 aromatic rings. The number of hydrogen-bond acceptors (Lipinski definition) is 3. The van der Waals surface area contributed by atoms with Gasteiger partial charge < -0.3 is 5.21 Å². The normalized spacial score (nSPS) is 36.2. The highest BCUT2D eigenvalue weighted by atomic mass is 16.4. The quantitative estimate of drug-likeness (QED) is 0.591. The molecule has 0 aromatic heterocycles. The lowest BCUT2D eigenvalue weighted by Crippen LogP contribution is -2.51. The lowest BCUT2D eigenvalue weighted by atomic mass is 9.90. The lowest BCUT2D eigenvalue weighted by Gasteiger charge is -2.40. The molecule has 2 fully saturated rings. The van der Waals surface area contributed by atoms with Gasteiger partial charge in [0.1, 0.15) is 0 Å². The van der Waals surface area contributed by atoms with Crippen LogP contribution in [-0.2, 0) is 0 Å². The van der Waals surface area contributed by atoms with E-state index in [2.05, 4.69) is 37.8 Å². The first kappa shape index (κ1) is 11.9. The number of hydrogen-bond donors (Lipinski definition) is 1. The molecule has 0 aliphatic heterocycles. The fourth-order valence-electron chi connectivity index (χ4n) is 3.83. The Balaban J connectivity index is 2.24. The highest BCUT2D eigenvalue weighted by molar-refractivity contribution is 5.94. The van der Waals surface area contributed by atoms with Gasteiger partial charge in [0.25, 0.3) is 0 Å². The zero-order chi connectivity index (χ0) is 11.9. The maximum absolute atomic E-state index is 9.23. The van der Waals surface area contributed by atoms with E-state index in [1.807, 2.05) is 0 Å². The zero-order valence-electron chi connectivity index (χ0n) is 10.8. The molecule has 0 saturated heterocycles. The summed E-state index contributed by atoms with van der Waals surface area (Å²) in [7, 11) is 0. The summed E-state index contributed by atoms with van der Waals surface area (Å²) in [5.74, 6) is 1.28. The fourth-order valence-corrected chi connectivity index (χ4v) is 3.83. The third-order valence-electron chi connectivity index (χ3n) is 4.27. The monoisotopic (exact) mass is 224 g/mol. The highest BCUT2D eigenvalue weighted by Gasteiger charge is 2.48. The van der Waals surface area contributed by atoms with Gasteiger partial charge in [-0.1, -0.05) is 5.16 Å². The van der Waals surface area contributed by atoms with E-state index in [4.69, 9.17) is 0 Å². The van der Waals surface area contributed by atoms with Crippen LogP contribution in [0.5, 0.6) is 0 Å². The van der Waals surface area contributed by atoms with E-state index in [0.29, 0.717) is 24.0 Å². The Morgan fingerprint density at radius 2 is 1.81 bits per heavy atom. The van der Waals surface area contributed by atoms with Crippen LogP contribution in [0.2, 0.25) is 0 Å². The van der Waals surface area contributed by atoms with E-state index in [1.54, 1.807) is 0 Å². The van der Waals surface area contributed by atoms with Crippen molar-refractivity contribution < 1.29 is 5.21 Å². The van der Waals surface area contributed by atoms with Crippen LogP contribution >= 0.6 is 0 Å². The summed E-state index contributed by atoms with van der Waals surface area (Å²) in [6.45, 7) is 8.95. The molecule has 2 rings (SSSR count). The van der Waals surface area contributed by atoms with Crippen LogP contribution < -0.4 is 0 Å². The number of oxime groups is 1. The molecule has 16 heavy (non-hydrogen) atoms. The van der Waals surface area contributed by atoms with E-state index in [1.165, 1.54) is 19.3 Å². The molecule has 0 amide bonds. The Labute approximate surface area is 98.5 Å². The van der Waals surface area contributed by atoms with Gasteiger partial charge >= 0.3 is 0 Å². The van der Waals surface area contributed by atoms with Gasteiger partial charge in [0.15, 0.2) is 0 Å². The third kappa shape index (κ3) is 1.75. The van der Waals surface area contributed by atoms with Gasteiger partial charge in [-0.3, -0.25) is 4.90 Å². The maximum atomic E-state index is 9.23. The van der Waals surface area contributed by atoms with E-state index in [-0.39, 0.29) is 0 Å². The minimum absolute atomic E-state index is 0.392. The molecule has 3 unspecified atom stereocenters. The van der Waals surface area contributed by atoms with Gasteiger partial charge in [0, 0.05) is 18.0 Å². The van der Waals surface area contributed by atoms with Crippen molar-refractivity contribution in [2.24, 2.45) is 17.0 Å². The molecule has 0 radical (unpaired) electrons. The lowest BCUT2D eigenvalue weighted by molar-refractivity contribution is 0.115. The molecule has 2 aliphatic rings. The average Bonchev–Trinajstić information content (AvgIpc) is 2.76. The molecule has 2 aliphatic carbocycles. The molecule has 0 heterocycles. The van der Waals surface area contributed by atoms with Crippen molar-refractivity contribution in [1.82, 2.24) is 4.90 Å². The van der Waals surface area contributed by atoms with Crippen LogP contribution in [0, 0.1) is 11.8 Å². The smallest absolute Gasteiger partial charge is 0.0775 e. The minimum atomic E-state index is 0.392. The first-order chi connectivity index (χ1) is 7.56. The van der Waals surface area contributed by atoms with Gasteiger partial charge in [-0.25, -0.2) is 0 Å². The van der Waals surface area contributed by atoms with Crippen molar-refractivity contribution in [3.8, 4) is 0 Å². The second-order valence-corrected chi connectivity index (χ2v) is 5.87. The molecular formula is C13H24N2O. The molecule has 3 atom stereocenters. The van der Waals surface area contributed by atoms with Crippen LogP contribution in [-0.4, -0.2) is 33.9 Å². The summed E-state index contributed by atoms with van der Waals surface area (Å²) in [5.41, 5.74) is 1.05. The summed E-state index contributed by atoms with van der Waals surface area (Å²) in [4.78, 5) is 2.51. The molecule has 3 nitrogen and oxygen atoms in total. The Bertz CT molecular complexity index is 278. The van der Waals surface area contributed by atoms with Crippen molar-refractivity contribution in [3.63, 3.8) is 0 Å². The van der Waals surface area contributed by atoms with Crippen molar-refractivity contribution in [3.05, 3.63) is 0 Å². The van der Waals surface area contributed by atoms with E-state index in [0.717, 1.165) is 11.6 Å². The Kier molecular flexibility index (Phi) is 3.24. The molecule has 3 heteroatoms. The van der Waals surface area contributed by atoms with Crippen molar-refractivity contribution >= 4 is 5.71 Å². The summed E-state index contributed by atoms with van der Waals surface area (Å²) in [6.07, 6.45) is 3.77. The van der Waals surface area contributed by atoms with Crippen LogP contribution in [0.3, 0.4) is 0 Å². The third-order valence-corrected chi connectivity index (χ3v) is 4.27. The van der Waals surface area contributed by atoms with Crippen molar-refractivity contribution in [2.75, 3.05) is 0 Å². The summed E-state index contributed by atoms with van der Waals surface area (Å²) in [5, 5.41) is 12.8.